The Morgan fingerprint density at radius 3 is 2.77 bits per heavy atom. The van der Waals surface area contributed by atoms with Crippen molar-refractivity contribution in [1.82, 2.24) is 15.2 Å². The molecule has 22 heavy (non-hydrogen) atoms. The second-order valence-electron chi connectivity index (χ2n) is 5.88. The van der Waals surface area contributed by atoms with E-state index >= 15 is 0 Å². The number of halogens is 3. The van der Waals surface area contributed by atoms with Crippen molar-refractivity contribution in [3.8, 4) is 0 Å². The van der Waals surface area contributed by atoms with Crippen molar-refractivity contribution in [2.45, 2.75) is 44.6 Å². The molecule has 1 aromatic heterocycles. The molecule has 1 amide bonds. The molecule has 1 saturated heterocycles. The van der Waals surface area contributed by atoms with Gasteiger partial charge < -0.3 is 14.8 Å². The molecule has 0 saturated carbocycles. The summed E-state index contributed by atoms with van der Waals surface area (Å²) in [6.07, 6.45) is -3.29. The van der Waals surface area contributed by atoms with Crippen molar-refractivity contribution in [2.24, 2.45) is 0 Å². The molecule has 0 unspecified atom stereocenters. The van der Waals surface area contributed by atoms with Crippen LogP contribution in [0.25, 0.3) is 0 Å². The fraction of sp³-hybridized carbons (Fsp3) is 0.692. The number of nitrogens with zero attached hydrogens (tertiary/aromatic N) is 2. The predicted molar refractivity (Wildman–Crippen MR) is 70.0 cm³/mol. The van der Waals surface area contributed by atoms with Crippen LogP contribution >= 0.6 is 0 Å². The number of nitrogens with one attached hydrogen (secondary N) is 1. The minimum atomic E-state index is -4.57. The fourth-order valence-corrected chi connectivity index (χ4v) is 2.05. The van der Waals surface area contributed by atoms with E-state index < -0.39 is 23.7 Å². The number of β-amino-alcohol motifs (C(OH)–C–C–N with tert-alkyl or cyclic N) is 1. The van der Waals surface area contributed by atoms with Gasteiger partial charge in [-0.25, -0.2) is 4.98 Å². The third kappa shape index (κ3) is 3.77. The second-order valence-corrected chi connectivity index (χ2v) is 5.88. The van der Waals surface area contributed by atoms with Crippen LogP contribution in [0.3, 0.4) is 0 Å². The van der Waals surface area contributed by atoms with Crippen LogP contribution in [0.5, 0.6) is 0 Å². The van der Waals surface area contributed by atoms with Gasteiger partial charge in [0.1, 0.15) is 11.8 Å². The summed E-state index contributed by atoms with van der Waals surface area (Å²) in [6.45, 7) is 3.19. The SMILES string of the molecule is CC(C)(NC(=O)c1coc(CN2CC[C@H](O)C2)n1)C(F)(F)F. The lowest BCUT2D eigenvalue weighted by molar-refractivity contribution is -0.182. The normalized spacial score (nSPS) is 20.4. The minimum absolute atomic E-state index is 0.202. The largest absolute Gasteiger partial charge is 0.447 e. The molecule has 1 aromatic rings. The molecule has 9 heteroatoms. The smallest absolute Gasteiger partial charge is 0.410 e. The Bertz CT molecular complexity index is 542. The average molecular weight is 321 g/mol. The molecule has 0 radical (unpaired) electrons. The molecule has 0 bridgehead atoms. The van der Waals surface area contributed by atoms with Crippen molar-refractivity contribution in [1.29, 1.82) is 0 Å². The highest BCUT2D eigenvalue weighted by Crippen LogP contribution is 2.29. The van der Waals surface area contributed by atoms with Gasteiger partial charge >= 0.3 is 6.18 Å². The maximum absolute atomic E-state index is 12.7. The van der Waals surface area contributed by atoms with E-state index in [0.717, 1.165) is 20.1 Å². The summed E-state index contributed by atoms with van der Waals surface area (Å²) in [5.41, 5.74) is -2.56. The molecule has 124 valence electrons. The molecular formula is C13H18F3N3O3. The number of amides is 1. The molecule has 2 N–H and O–H groups in total. The zero-order valence-corrected chi connectivity index (χ0v) is 12.3. The van der Waals surface area contributed by atoms with Gasteiger partial charge in [0.25, 0.3) is 5.91 Å². The van der Waals surface area contributed by atoms with E-state index in [9.17, 15) is 23.1 Å². The van der Waals surface area contributed by atoms with E-state index in [-0.39, 0.29) is 11.6 Å². The molecule has 0 aliphatic carbocycles. The van der Waals surface area contributed by atoms with Gasteiger partial charge in [0.05, 0.1) is 12.6 Å². The summed E-state index contributed by atoms with van der Waals surface area (Å²) < 4.78 is 43.3. The number of carbonyl (C=O) groups is 1. The lowest BCUT2D eigenvalue weighted by Gasteiger charge is -2.28. The maximum atomic E-state index is 12.7. The first kappa shape index (κ1) is 16.8. The number of oxazole rings is 1. The lowest BCUT2D eigenvalue weighted by atomic mass is 10.1. The van der Waals surface area contributed by atoms with Crippen LogP contribution in [0.2, 0.25) is 0 Å². The summed E-state index contributed by atoms with van der Waals surface area (Å²) in [5, 5.41) is 11.3. The van der Waals surface area contributed by atoms with E-state index in [0.29, 0.717) is 26.1 Å². The molecule has 2 heterocycles. The predicted octanol–water partition coefficient (Wildman–Crippen LogP) is 1.31. The van der Waals surface area contributed by atoms with Gasteiger partial charge in [-0.2, -0.15) is 13.2 Å². The summed E-state index contributed by atoms with van der Waals surface area (Å²) >= 11 is 0. The third-order valence-corrected chi connectivity index (χ3v) is 3.53. The average Bonchev–Trinajstić information content (AvgIpc) is 2.97. The van der Waals surface area contributed by atoms with Gasteiger partial charge in [0.15, 0.2) is 5.69 Å². The third-order valence-electron chi connectivity index (χ3n) is 3.53. The lowest BCUT2D eigenvalue weighted by Crippen LogP contribution is -2.54. The first-order chi connectivity index (χ1) is 10.1. The van der Waals surface area contributed by atoms with E-state index in [1.165, 1.54) is 0 Å². The van der Waals surface area contributed by atoms with Crippen molar-refractivity contribution in [3.63, 3.8) is 0 Å². The highest BCUT2D eigenvalue weighted by atomic mass is 19.4. The van der Waals surface area contributed by atoms with Gasteiger partial charge in [0.2, 0.25) is 5.89 Å². The number of hydrogen-bond donors (Lipinski definition) is 2. The number of aliphatic hydroxyl groups excluding tert-OH is 1. The monoisotopic (exact) mass is 321 g/mol. The summed E-state index contributed by atoms with van der Waals surface area (Å²) in [6, 6.07) is 0. The Balaban J connectivity index is 1.97. The molecule has 1 aliphatic heterocycles. The first-order valence-electron chi connectivity index (χ1n) is 6.82. The molecule has 1 atom stereocenters. The van der Waals surface area contributed by atoms with E-state index in [2.05, 4.69) is 4.98 Å². The number of hydrogen-bond acceptors (Lipinski definition) is 5. The van der Waals surface area contributed by atoms with Crippen LogP contribution in [0.4, 0.5) is 13.2 Å². The molecule has 1 fully saturated rings. The van der Waals surface area contributed by atoms with Crippen LogP contribution in [0.15, 0.2) is 10.7 Å². The molecule has 2 rings (SSSR count). The van der Waals surface area contributed by atoms with E-state index in [4.69, 9.17) is 4.42 Å². The number of likely N-dealkylation sites (tertiary alicyclic amines) is 1. The van der Waals surface area contributed by atoms with E-state index in [1.807, 2.05) is 10.2 Å². The number of aliphatic hydroxyl groups is 1. The molecule has 0 aromatic carbocycles. The van der Waals surface area contributed by atoms with Gasteiger partial charge in [-0.15, -0.1) is 0 Å². The number of aromatic nitrogens is 1. The van der Waals surface area contributed by atoms with Crippen LogP contribution in [-0.4, -0.2) is 51.8 Å². The molecular weight excluding hydrogens is 303 g/mol. The van der Waals surface area contributed by atoms with Crippen LogP contribution in [-0.2, 0) is 6.54 Å². The Morgan fingerprint density at radius 2 is 2.23 bits per heavy atom. The summed E-state index contributed by atoms with van der Waals surface area (Å²) in [5.74, 6) is -0.720. The van der Waals surface area contributed by atoms with Crippen molar-refractivity contribution in [2.75, 3.05) is 13.1 Å². The van der Waals surface area contributed by atoms with Crippen molar-refractivity contribution >= 4 is 5.91 Å². The number of rotatable bonds is 4. The van der Waals surface area contributed by atoms with Crippen molar-refractivity contribution in [3.05, 3.63) is 17.8 Å². The quantitative estimate of drug-likeness (QED) is 0.874. The Morgan fingerprint density at radius 1 is 1.55 bits per heavy atom. The molecule has 0 spiro atoms. The topological polar surface area (TPSA) is 78.6 Å². The fourth-order valence-electron chi connectivity index (χ4n) is 2.05. The van der Waals surface area contributed by atoms with Crippen LogP contribution in [0.1, 0.15) is 36.6 Å². The summed E-state index contributed by atoms with van der Waals surface area (Å²) in [4.78, 5) is 17.6. The van der Waals surface area contributed by atoms with Gasteiger partial charge in [-0.05, 0) is 20.3 Å². The van der Waals surface area contributed by atoms with Gasteiger partial charge in [-0.3, -0.25) is 9.69 Å². The number of alkyl halides is 3. The van der Waals surface area contributed by atoms with Crippen LogP contribution in [0, 0.1) is 0 Å². The Labute approximate surface area is 125 Å². The molecule has 1 aliphatic rings. The second kappa shape index (κ2) is 5.88. The van der Waals surface area contributed by atoms with Gasteiger partial charge in [-0.1, -0.05) is 0 Å². The molecule has 6 nitrogen and oxygen atoms in total. The standard InChI is InChI=1S/C13H18F3N3O3/c1-12(2,13(14,15)16)18-11(21)9-7-22-10(17-9)6-19-4-3-8(20)5-19/h7-8,20H,3-6H2,1-2H3,(H,18,21)/t8-/m0/s1. The Kier molecular flexibility index (Phi) is 4.48. The van der Waals surface area contributed by atoms with Gasteiger partial charge in [0, 0.05) is 13.1 Å². The highest BCUT2D eigenvalue weighted by Gasteiger charge is 2.48. The number of carbonyl (C=O) groups excluding carboxylic acids is 1. The highest BCUT2D eigenvalue weighted by molar-refractivity contribution is 5.92. The zero-order chi connectivity index (χ0) is 16.5. The maximum Gasteiger partial charge on any atom is 0.410 e. The van der Waals surface area contributed by atoms with Crippen molar-refractivity contribution < 1.29 is 27.5 Å². The van der Waals surface area contributed by atoms with Crippen LogP contribution < -0.4 is 5.32 Å². The summed E-state index contributed by atoms with van der Waals surface area (Å²) in [7, 11) is 0. The zero-order valence-electron chi connectivity index (χ0n) is 12.3. The van der Waals surface area contributed by atoms with E-state index in [1.54, 1.807) is 0 Å². The minimum Gasteiger partial charge on any atom is -0.447 e. The first-order valence-corrected chi connectivity index (χ1v) is 6.82. The Hall–Kier alpha value is -1.61.